The predicted molar refractivity (Wildman–Crippen MR) is 54.7 cm³/mol. The number of esters is 1. The lowest BCUT2D eigenvalue weighted by Crippen LogP contribution is -2.14. The molecule has 0 atom stereocenters. The zero-order chi connectivity index (χ0) is 8.81. The number of ether oxygens (including phenoxy) is 1. The predicted octanol–water partition coefficient (Wildman–Crippen LogP) is 2.12. The summed E-state index contributed by atoms with van der Waals surface area (Å²) in [6.45, 7) is 0.248. The molecule has 3 heteroatoms. The van der Waals surface area contributed by atoms with Crippen molar-refractivity contribution < 1.29 is 9.53 Å². The largest absolute Gasteiger partial charge is 0.452 e. The lowest BCUT2D eigenvalue weighted by molar-refractivity contribution is -0.146. The van der Waals surface area contributed by atoms with E-state index in [1.165, 1.54) is 0 Å². The maximum absolute atomic E-state index is 11.2. The van der Waals surface area contributed by atoms with Crippen molar-refractivity contribution in [3.63, 3.8) is 0 Å². The molecular weight excluding hydrogens is 267 g/mol. The van der Waals surface area contributed by atoms with Crippen molar-refractivity contribution in [1.82, 2.24) is 0 Å². The van der Waals surface area contributed by atoms with Gasteiger partial charge >= 0.3 is 5.97 Å². The number of halogens is 1. The summed E-state index contributed by atoms with van der Waals surface area (Å²) in [5.41, 5.74) is 0. The first kappa shape index (κ1) is 9.85. The molecule has 1 aliphatic carbocycles. The van der Waals surface area contributed by atoms with Crippen molar-refractivity contribution in [2.75, 3.05) is 6.61 Å². The van der Waals surface area contributed by atoms with Crippen LogP contribution in [0.5, 0.6) is 0 Å². The third-order valence-electron chi connectivity index (χ3n) is 2.04. The lowest BCUT2D eigenvalue weighted by atomic mass is 10.1. The smallest absolute Gasteiger partial charge is 0.309 e. The molecule has 0 aromatic heterocycles. The van der Waals surface area contributed by atoms with Gasteiger partial charge in [0.05, 0.1) is 5.92 Å². The number of hydrogen-bond donors (Lipinski definition) is 0. The van der Waals surface area contributed by atoms with E-state index in [9.17, 15) is 4.79 Å². The van der Waals surface area contributed by atoms with Gasteiger partial charge in [0.1, 0.15) is 0 Å². The van der Waals surface area contributed by atoms with Crippen LogP contribution in [0.15, 0.2) is 0 Å². The zero-order valence-corrected chi connectivity index (χ0v) is 8.96. The van der Waals surface area contributed by atoms with Crippen LogP contribution in [0.25, 0.3) is 0 Å². The van der Waals surface area contributed by atoms with Crippen LogP contribution in [0, 0.1) is 15.8 Å². The van der Waals surface area contributed by atoms with E-state index in [2.05, 4.69) is 9.85 Å². The van der Waals surface area contributed by atoms with Crippen LogP contribution < -0.4 is 0 Å². The summed E-state index contributed by atoms with van der Waals surface area (Å²) in [4.78, 5) is 11.2. The number of rotatable bonds is 2. The highest BCUT2D eigenvalue weighted by atomic mass is 127. The molecule has 1 saturated carbocycles. The van der Waals surface area contributed by atoms with Crippen molar-refractivity contribution in [3.8, 4) is 9.85 Å². The molecule has 0 amide bonds. The molecule has 2 nitrogen and oxygen atoms in total. The summed E-state index contributed by atoms with van der Waals surface area (Å²) in [7, 11) is 0. The molecule has 66 valence electrons. The molecular formula is C9H11IO2. The Morgan fingerprint density at radius 3 is 2.75 bits per heavy atom. The van der Waals surface area contributed by atoms with E-state index in [-0.39, 0.29) is 18.5 Å². The van der Waals surface area contributed by atoms with E-state index < -0.39 is 0 Å². The Morgan fingerprint density at radius 2 is 2.17 bits per heavy atom. The maximum atomic E-state index is 11.2. The molecule has 0 unspecified atom stereocenters. The van der Waals surface area contributed by atoms with Crippen LogP contribution in [0.3, 0.4) is 0 Å². The van der Waals surface area contributed by atoms with Crippen LogP contribution in [-0.4, -0.2) is 12.6 Å². The van der Waals surface area contributed by atoms with Crippen LogP contribution >= 0.6 is 22.6 Å². The molecule has 0 aromatic rings. The average molecular weight is 278 g/mol. The maximum Gasteiger partial charge on any atom is 0.309 e. The van der Waals surface area contributed by atoms with Gasteiger partial charge in [0.15, 0.2) is 6.61 Å². The molecule has 0 heterocycles. The summed E-state index contributed by atoms with van der Waals surface area (Å²) in [5, 5.41) is 0. The van der Waals surface area contributed by atoms with E-state index in [0.29, 0.717) is 0 Å². The van der Waals surface area contributed by atoms with Gasteiger partial charge in [-0.15, -0.1) is 0 Å². The zero-order valence-electron chi connectivity index (χ0n) is 6.81. The summed E-state index contributed by atoms with van der Waals surface area (Å²) in [5.74, 6) is 2.79. The van der Waals surface area contributed by atoms with Gasteiger partial charge in [-0.25, -0.2) is 0 Å². The van der Waals surface area contributed by atoms with Gasteiger partial charge in [-0.1, -0.05) is 18.8 Å². The van der Waals surface area contributed by atoms with E-state index in [0.717, 1.165) is 25.7 Å². The molecule has 0 saturated heterocycles. The van der Waals surface area contributed by atoms with Crippen molar-refractivity contribution >= 4 is 28.6 Å². The summed E-state index contributed by atoms with van der Waals surface area (Å²) in [6.07, 6.45) is 4.32. The van der Waals surface area contributed by atoms with E-state index in [4.69, 9.17) is 4.74 Å². The second-order valence-electron chi connectivity index (χ2n) is 2.86. The molecule has 0 bridgehead atoms. The Hall–Kier alpha value is -0.240. The molecule has 1 fully saturated rings. The second-order valence-corrected chi connectivity index (χ2v) is 3.40. The molecule has 0 N–H and O–H groups in total. The van der Waals surface area contributed by atoms with E-state index in [1.807, 2.05) is 22.6 Å². The SMILES string of the molecule is O=C(OCC#CI)C1CCCC1. The van der Waals surface area contributed by atoms with Crippen molar-refractivity contribution in [1.29, 1.82) is 0 Å². The summed E-state index contributed by atoms with van der Waals surface area (Å²) >= 11 is 1.93. The van der Waals surface area contributed by atoms with E-state index in [1.54, 1.807) is 0 Å². The standard InChI is InChI=1S/C9H11IO2/c10-6-3-7-12-9(11)8-4-1-2-5-8/h8H,1-2,4-5,7H2. The molecule has 0 aliphatic heterocycles. The first-order chi connectivity index (χ1) is 5.84. The summed E-state index contributed by atoms with van der Waals surface area (Å²) < 4.78 is 7.61. The Balaban J connectivity index is 2.21. The second kappa shape index (κ2) is 5.41. The normalized spacial score (nSPS) is 16.8. The highest BCUT2D eigenvalue weighted by Crippen LogP contribution is 2.25. The van der Waals surface area contributed by atoms with Crippen LogP contribution in [-0.2, 0) is 9.53 Å². The summed E-state index contributed by atoms with van der Waals surface area (Å²) in [6, 6.07) is 0. The first-order valence-corrected chi connectivity index (χ1v) is 5.17. The van der Waals surface area contributed by atoms with Gasteiger partial charge in [-0.05, 0) is 16.8 Å². The molecule has 0 spiro atoms. The van der Waals surface area contributed by atoms with Gasteiger partial charge in [0.2, 0.25) is 0 Å². The molecule has 0 aromatic carbocycles. The minimum atomic E-state index is -0.0633. The molecule has 12 heavy (non-hydrogen) atoms. The minimum absolute atomic E-state index is 0.0633. The van der Waals surface area contributed by atoms with Gasteiger partial charge in [-0.3, -0.25) is 4.79 Å². The third-order valence-corrected chi connectivity index (χ3v) is 2.42. The number of hydrogen-bond acceptors (Lipinski definition) is 2. The van der Waals surface area contributed by atoms with Crippen LogP contribution in [0.2, 0.25) is 0 Å². The Kier molecular flexibility index (Phi) is 4.44. The quantitative estimate of drug-likeness (QED) is 0.439. The van der Waals surface area contributed by atoms with Crippen molar-refractivity contribution in [2.45, 2.75) is 25.7 Å². The Bertz CT molecular complexity index is 208. The lowest BCUT2D eigenvalue weighted by Gasteiger charge is -2.05. The van der Waals surface area contributed by atoms with Gasteiger partial charge < -0.3 is 4.74 Å². The third kappa shape index (κ3) is 3.02. The van der Waals surface area contributed by atoms with Crippen molar-refractivity contribution in [3.05, 3.63) is 0 Å². The number of carbonyl (C=O) groups excluding carboxylic acids is 1. The highest BCUT2D eigenvalue weighted by Gasteiger charge is 2.23. The number of carbonyl (C=O) groups is 1. The first-order valence-electron chi connectivity index (χ1n) is 4.09. The van der Waals surface area contributed by atoms with Crippen LogP contribution in [0.1, 0.15) is 25.7 Å². The van der Waals surface area contributed by atoms with E-state index >= 15 is 0 Å². The fourth-order valence-corrected chi connectivity index (χ4v) is 1.57. The highest BCUT2D eigenvalue weighted by molar-refractivity contribution is 14.1. The average Bonchev–Trinajstić information content (AvgIpc) is 2.56. The molecule has 0 radical (unpaired) electrons. The molecule has 1 aliphatic rings. The topological polar surface area (TPSA) is 26.3 Å². The minimum Gasteiger partial charge on any atom is -0.452 e. The van der Waals surface area contributed by atoms with Crippen molar-refractivity contribution in [2.24, 2.45) is 5.92 Å². The van der Waals surface area contributed by atoms with Gasteiger partial charge in [-0.2, -0.15) is 0 Å². The molecule has 1 rings (SSSR count). The fraction of sp³-hybridized carbons (Fsp3) is 0.667. The monoisotopic (exact) mass is 278 g/mol. The van der Waals surface area contributed by atoms with Crippen LogP contribution in [0.4, 0.5) is 0 Å². The fourth-order valence-electron chi connectivity index (χ4n) is 1.41. The van der Waals surface area contributed by atoms with Gasteiger partial charge in [0.25, 0.3) is 0 Å². The Labute approximate surface area is 86.2 Å². The Morgan fingerprint density at radius 1 is 1.50 bits per heavy atom. The van der Waals surface area contributed by atoms with Gasteiger partial charge in [0, 0.05) is 22.6 Å².